The normalized spacial score (nSPS) is 17.9. The summed E-state index contributed by atoms with van der Waals surface area (Å²) in [5.41, 5.74) is 5.72. The monoisotopic (exact) mass is 447 g/mol. The van der Waals surface area contributed by atoms with E-state index in [-0.39, 0.29) is 24.0 Å². The summed E-state index contributed by atoms with van der Waals surface area (Å²) in [7, 11) is 0. The van der Waals surface area contributed by atoms with Gasteiger partial charge in [-0.3, -0.25) is 24.1 Å². The number of nitrogens with zero attached hydrogens (tertiary/aromatic N) is 2. The highest BCUT2D eigenvalue weighted by molar-refractivity contribution is 8.18. The fourth-order valence-corrected chi connectivity index (χ4v) is 4.16. The van der Waals surface area contributed by atoms with Crippen LogP contribution in [0, 0.1) is 0 Å². The van der Waals surface area contributed by atoms with Crippen molar-refractivity contribution in [3.63, 3.8) is 0 Å². The summed E-state index contributed by atoms with van der Waals surface area (Å²) in [6.07, 6.45) is 4.53. The third-order valence-electron chi connectivity index (χ3n) is 4.81. The van der Waals surface area contributed by atoms with Crippen LogP contribution in [-0.4, -0.2) is 65.6 Å². The third kappa shape index (κ3) is 5.78. The lowest BCUT2D eigenvalue weighted by atomic mass is 10.1. The molecule has 0 saturated carbocycles. The maximum atomic E-state index is 12.7. The van der Waals surface area contributed by atoms with Gasteiger partial charge in [0.15, 0.2) is 18.1 Å². The largest absolute Gasteiger partial charge is 0.490 e. The molecule has 2 aliphatic rings. The minimum atomic E-state index is -0.612. The Morgan fingerprint density at radius 1 is 1.13 bits per heavy atom. The number of primary amides is 1. The predicted octanol–water partition coefficient (Wildman–Crippen LogP) is 2.00. The van der Waals surface area contributed by atoms with E-state index in [0.29, 0.717) is 36.8 Å². The minimum absolute atomic E-state index is 0.210. The molecule has 10 heteroatoms. The van der Waals surface area contributed by atoms with E-state index in [4.69, 9.17) is 15.2 Å². The molecular weight excluding hydrogens is 422 g/mol. The minimum Gasteiger partial charge on any atom is -0.490 e. The number of likely N-dealkylation sites (tertiary alicyclic amines) is 1. The van der Waals surface area contributed by atoms with E-state index in [1.165, 1.54) is 0 Å². The molecule has 0 radical (unpaired) electrons. The SMILES string of the molecule is CCOc1cc(/C=C2\SC(=O)N(CC(=O)N3CCCCC3)C2=O)ccc1OCC(N)=O. The van der Waals surface area contributed by atoms with Crippen molar-refractivity contribution in [1.29, 1.82) is 0 Å². The van der Waals surface area contributed by atoms with E-state index in [9.17, 15) is 19.2 Å². The standard InChI is InChI=1S/C21H25N3O6S/c1-2-29-16-10-14(6-7-15(16)30-13-18(22)25)11-17-20(27)24(21(28)31-17)12-19(26)23-8-4-3-5-9-23/h6-7,10-11H,2-5,8-9,12-13H2,1H3,(H2,22,25)/b17-11-. The summed E-state index contributed by atoms with van der Waals surface area (Å²) in [6.45, 7) is 2.96. The molecule has 2 saturated heterocycles. The Hall–Kier alpha value is -3.01. The topological polar surface area (TPSA) is 119 Å². The van der Waals surface area contributed by atoms with E-state index in [1.54, 1.807) is 36.1 Å². The van der Waals surface area contributed by atoms with E-state index in [2.05, 4.69) is 0 Å². The second-order valence-corrected chi connectivity index (χ2v) is 8.10. The van der Waals surface area contributed by atoms with Crippen molar-refractivity contribution in [2.75, 3.05) is 32.8 Å². The van der Waals surface area contributed by atoms with Gasteiger partial charge in [0.1, 0.15) is 6.54 Å². The highest BCUT2D eigenvalue weighted by Crippen LogP contribution is 2.34. The molecule has 0 unspecified atom stereocenters. The Bertz CT molecular complexity index is 910. The summed E-state index contributed by atoms with van der Waals surface area (Å²) >= 11 is 0.797. The molecular formula is C21H25N3O6S. The first-order valence-corrected chi connectivity index (χ1v) is 10.9. The molecule has 0 spiro atoms. The van der Waals surface area contributed by atoms with Gasteiger partial charge in [-0.2, -0.15) is 0 Å². The molecule has 166 valence electrons. The van der Waals surface area contributed by atoms with Crippen molar-refractivity contribution in [2.24, 2.45) is 5.73 Å². The summed E-state index contributed by atoms with van der Waals surface area (Å²) in [5, 5.41) is -0.465. The molecule has 2 aliphatic heterocycles. The van der Waals surface area contributed by atoms with Gasteiger partial charge >= 0.3 is 0 Å². The molecule has 2 fully saturated rings. The Morgan fingerprint density at radius 2 is 1.87 bits per heavy atom. The van der Waals surface area contributed by atoms with Crippen molar-refractivity contribution in [2.45, 2.75) is 26.2 Å². The quantitative estimate of drug-likeness (QED) is 0.605. The Kier molecular flexibility index (Phi) is 7.56. The van der Waals surface area contributed by atoms with E-state index in [0.717, 1.165) is 35.9 Å². The number of carbonyl (C=O) groups excluding carboxylic acids is 4. The summed E-state index contributed by atoms with van der Waals surface area (Å²) in [6, 6.07) is 4.92. The van der Waals surface area contributed by atoms with Gasteiger partial charge in [-0.15, -0.1) is 0 Å². The number of hydrogen-bond donors (Lipinski definition) is 1. The average molecular weight is 448 g/mol. The van der Waals surface area contributed by atoms with E-state index < -0.39 is 17.1 Å². The van der Waals surface area contributed by atoms with Crippen LogP contribution in [0.2, 0.25) is 0 Å². The van der Waals surface area contributed by atoms with Gasteiger partial charge in [0.25, 0.3) is 17.1 Å². The summed E-state index contributed by atoms with van der Waals surface area (Å²) in [4.78, 5) is 51.4. The van der Waals surface area contributed by atoms with Gasteiger partial charge in [-0.25, -0.2) is 0 Å². The predicted molar refractivity (Wildman–Crippen MR) is 115 cm³/mol. The van der Waals surface area contributed by atoms with Gasteiger partial charge in [0.2, 0.25) is 5.91 Å². The first kappa shape index (κ1) is 22.7. The number of thioether (sulfide) groups is 1. The number of carbonyl (C=O) groups is 4. The zero-order valence-electron chi connectivity index (χ0n) is 17.3. The number of imide groups is 1. The van der Waals surface area contributed by atoms with Crippen molar-refractivity contribution in [1.82, 2.24) is 9.80 Å². The number of hydrogen-bond acceptors (Lipinski definition) is 7. The lowest BCUT2D eigenvalue weighted by Gasteiger charge is -2.27. The number of ether oxygens (including phenoxy) is 2. The highest BCUT2D eigenvalue weighted by atomic mass is 32.2. The van der Waals surface area contributed by atoms with Crippen LogP contribution in [0.15, 0.2) is 23.1 Å². The van der Waals surface area contributed by atoms with Crippen LogP contribution >= 0.6 is 11.8 Å². The zero-order valence-corrected chi connectivity index (χ0v) is 18.1. The van der Waals surface area contributed by atoms with E-state index >= 15 is 0 Å². The van der Waals surface area contributed by atoms with Crippen molar-refractivity contribution < 1.29 is 28.7 Å². The summed E-state index contributed by atoms with van der Waals surface area (Å²) in [5.74, 6) is -0.584. The number of amides is 4. The average Bonchev–Trinajstić information content (AvgIpc) is 3.01. The molecule has 3 rings (SSSR count). The first-order valence-electron chi connectivity index (χ1n) is 10.1. The lowest BCUT2D eigenvalue weighted by Crippen LogP contribution is -2.44. The molecule has 0 bridgehead atoms. The number of piperidine rings is 1. The fourth-order valence-electron chi connectivity index (χ4n) is 3.32. The van der Waals surface area contributed by atoms with Gasteiger partial charge in [0.05, 0.1) is 11.5 Å². The van der Waals surface area contributed by atoms with Crippen LogP contribution in [0.25, 0.3) is 6.08 Å². The third-order valence-corrected chi connectivity index (χ3v) is 5.72. The second-order valence-electron chi connectivity index (χ2n) is 7.10. The number of rotatable bonds is 8. The van der Waals surface area contributed by atoms with Crippen LogP contribution in [0.1, 0.15) is 31.7 Å². The van der Waals surface area contributed by atoms with Crippen molar-refractivity contribution in [3.05, 3.63) is 28.7 Å². The number of benzene rings is 1. The smallest absolute Gasteiger partial charge is 0.294 e. The Labute approximate surface area is 184 Å². The Balaban J connectivity index is 1.73. The zero-order chi connectivity index (χ0) is 22.4. The van der Waals surface area contributed by atoms with Gasteiger partial charge in [-0.1, -0.05) is 6.07 Å². The van der Waals surface area contributed by atoms with Crippen LogP contribution in [0.3, 0.4) is 0 Å². The molecule has 4 amide bonds. The first-order chi connectivity index (χ1) is 14.9. The maximum absolute atomic E-state index is 12.7. The van der Waals surface area contributed by atoms with E-state index in [1.807, 2.05) is 0 Å². The van der Waals surface area contributed by atoms with Gasteiger partial charge in [-0.05, 0) is 61.7 Å². The van der Waals surface area contributed by atoms with Crippen LogP contribution in [0.4, 0.5) is 4.79 Å². The second kappa shape index (κ2) is 10.3. The van der Waals surface area contributed by atoms with Crippen molar-refractivity contribution >= 4 is 40.8 Å². The van der Waals surface area contributed by atoms with Gasteiger partial charge < -0.3 is 20.1 Å². The maximum Gasteiger partial charge on any atom is 0.294 e. The number of nitrogens with two attached hydrogens (primary N) is 1. The molecule has 31 heavy (non-hydrogen) atoms. The molecule has 0 atom stereocenters. The van der Waals surface area contributed by atoms with Crippen LogP contribution in [-0.2, 0) is 14.4 Å². The van der Waals surface area contributed by atoms with Gasteiger partial charge in [0, 0.05) is 13.1 Å². The molecule has 9 nitrogen and oxygen atoms in total. The summed E-state index contributed by atoms with van der Waals surface area (Å²) < 4.78 is 10.9. The fraction of sp³-hybridized carbons (Fsp3) is 0.429. The molecule has 1 aromatic carbocycles. The molecule has 0 aliphatic carbocycles. The molecule has 1 aromatic rings. The molecule has 2 heterocycles. The highest BCUT2D eigenvalue weighted by Gasteiger charge is 2.37. The van der Waals surface area contributed by atoms with Crippen LogP contribution in [0.5, 0.6) is 11.5 Å². The van der Waals surface area contributed by atoms with Crippen molar-refractivity contribution in [3.8, 4) is 11.5 Å². The Morgan fingerprint density at radius 3 is 2.55 bits per heavy atom. The molecule has 0 aromatic heterocycles. The van der Waals surface area contributed by atoms with Crippen LogP contribution < -0.4 is 15.2 Å². The molecule has 2 N–H and O–H groups in total. The lowest BCUT2D eigenvalue weighted by molar-refractivity contribution is -0.136.